The van der Waals surface area contributed by atoms with Crippen LogP contribution < -0.4 is 16.6 Å². The maximum Gasteiger partial charge on any atom is 0.264 e. The molecule has 6 N–H and O–H groups in total. The number of pyridine rings is 1. The van der Waals surface area contributed by atoms with Crippen molar-refractivity contribution >= 4 is 5.91 Å². The van der Waals surface area contributed by atoms with Gasteiger partial charge >= 0.3 is 0 Å². The number of aromatic amines is 1. The van der Waals surface area contributed by atoms with E-state index in [0.717, 1.165) is 25.0 Å². The summed E-state index contributed by atoms with van der Waals surface area (Å²) in [6.45, 7) is 0.921. The van der Waals surface area contributed by atoms with Crippen LogP contribution in [0.1, 0.15) is 34.5 Å². The highest BCUT2D eigenvalue weighted by molar-refractivity contribution is 5.96. The van der Waals surface area contributed by atoms with E-state index in [0.29, 0.717) is 25.1 Å². The molecule has 1 aromatic rings. The summed E-state index contributed by atoms with van der Waals surface area (Å²) >= 11 is 0. The van der Waals surface area contributed by atoms with E-state index >= 15 is 0 Å². The van der Waals surface area contributed by atoms with Gasteiger partial charge in [-0.3, -0.25) is 9.59 Å². The second-order valence-corrected chi connectivity index (χ2v) is 4.45. The number of amides is 1. The summed E-state index contributed by atoms with van der Waals surface area (Å²) in [6.07, 6.45) is 3.41. The van der Waals surface area contributed by atoms with E-state index in [4.69, 9.17) is 0 Å². The second kappa shape index (κ2) is 5.22. The molecule has 0 bridgehead atoms. The van der Waals surface area contributed by atoms with Gasteiger partial charge in [0, 0.05) is 11.3 Å². The first-order valence-electron chi connectivity index (χ1n) is 6.19. The van der Waals surface area contributed by atoms with Crippen LogP contribution in [0.4, 0.5) is 0 Å². The van der Waals surface area contributed by atoms with Crippen LogP contribution in [0.5, 0.6) is 5.75 Å². The highest BCUT2D eigenvalue weighted by Gasteiger charge is 2.23. The van der Waals surface area contributed by atoms with Gasteiger partial charge in [-0.1, -0.05) is 0 Å². The van der Waals surface area contributed by atoms with E-state index in [1.54, 1.807) is 0 Å². The average molecular weight is 252 g/mol. The Morgan fingerprint density at radius 2 is 2.11 bits per heavy atom. The number of hydrogen-bond donors (Lipinski definition) is 4. The number of fused-ring (bicyclic) bond motifs is 1. The van der Waals surface area contributed by atoms with Gasteiger partial charge in [-0.2, -0.15) is 0 Å². The van der Waals surface area contributed by atoms with Gasteiger partial charge in [-0.25, -0.2) is 0 Å². The Labute approximate surface area is 104 Å². The van der Waals surface area contributed by atoms with E-state index in [1.165, 1.54) is 0 Å². The monoisotopic (exact) mass is 252 g/mol. The number of aryl methyl sites for hydroxylation is 1. The molecule has 2 rings (SSSR count). The first-order chi connectivity index (χ1) is 8.65. The zero-order valence-corrected chi connectivity index (χ0v) is 10.2. The molecule has 1 aromatic heterocycles. The fourth-order valence-corrected chi connectivity index (χ4v) is 2.26. The Kier molecular flexibility index (Phi) is 3.66. The number of nitrogens with one attached hydrogen (secondary N) is 2. The molecule has 0 saturated carbocycles. The van der Waals surface area contributed by atoms with Crippen LogP contribution in [0, 0.1) is 0 Å². The summed E-state index contributed by atoms with van der Waals surface area (Å²) < 4.78 is 0. The van der Waals surface area contributed by atoms with Crippen molar-refractivity contribution in [1.82, 2.24) is 10.3 Å². The molecule has 0 atom stereocenters. The number of carbonyl (C=O) groups excluding carboxylic acids is 1. The van der Waals surface area contributed by atoms with Gasteiger partial charge in [0.15, 0.2) is 0 Å². The van der Waals surface area contributed by atoms with Crippen LogP contribution in [-0.4, -0.2) is 29.1 Å². The van der Waals surface area contributed by atoms with Gasteiger partial charge in [-0.15, -0.1) is 0 Å². The fraction of sp³-hybridized carbons (Fsp3) is 0.500. The first kappa shape index (κ1) is 12.6. The third-order valence-corrected chi connectivity index (χ3v) is 3.17. The van der Waals surface area contributed by atoms with Crippen molar-refractivity contribution in [1.29, 1.82) is 0 Å². The minimum Gasteiger partial charge on any atom is -0.507 e. The molecule has 1 aliphatic carbocycles. The molecule has 0 saturated heterocycles. The van der Waals surface area contributed by atoms with Crippen LogP contribution >= 0.6 is 0 Å². The lowest BCUT2D eigenvalue weighted by atomic mass is 9.93. The SMILES string of the molecule is [NH3+]CCNC(=O)c1c(O)c2c([nH]c1=O)CCCC2. The minimum absolute atomic E-state index is 0.157. The Bertz CT molecular complexity index is 522. The molecule has 1 aliphatic rings. The molecule has 0 aromatic carbocycles. The van der Waals surface area contributed by atoms with Crippen molar-refractivity contribution in [3.05, 3.63) is 27.2 Å². The summed E-state index contributed by atoms with van der Waals surface area (Å²) in [6, 6.07) is 0. The second-order valence-electron chi connectivity index (χ2n) is 4.45. The lowest BCUT2D eigenvalue weighted by Gasteiger charge is -2.17. The fourth-order valence-electron chi connectivity index (χ4n) is 2.26. The third kappa shape index (κ3) is 2.24. The summed E-state index contributed by atoms with van der Waals surface area (Å²) in [7, 11) is 0. The molecule has 6 nitrogen and oxygen atoms in total. The van der Waals surface area contributed by atoms with Gasteiger partial charge in [0.2, 0.25) is 0 Å². The van der Waals surface area contributed by atoms with Crippen molar-refractivity contribution in [2.75, 3.05) is 13.1 Å². The number of H-pyrrole nitrogens is 1. The maximum atomic E-state index is 11.8. The van der Waals surface area contributed by atoms with Crippen molar-refractivity contribution in [2.24, 2.45) is 0 Å². The van der Waals surface area contributed by atoms with Gasteiger partial charge in [-0.05, 0) is 25.7 Å². The summed E-state index contributed by atoms with van der Waals surface area (Å²) in [5, 5.41) is 12.6. The molecular formula is C12H18N3O3+. The normalized spacial score (nSPS) is 14.1. The van der Waals surface area contributed by atoms with Crippen molar-refractivity contribution < 1.29 is 15.6 Å². The third-order valence-electron chi connectivity index (χ3n) is 3.17. The maximum absolute atomic E-state index is 11.8. The average Bonchev–Trinajstić information content (AvgIpc) is 2.36. The standard InChI is InChI=1S/C12H17N3O3/c13-5-6-14-11(17)9-10(16)7-3-1-2-4-8(7)15-12(9)18/h1-6,13H2,(H,14,17)(H2,15,16,18)/p+1. The van der Waals surface area contributed by atoms with Crippen molar-refractivity contribution in [3.63, 3.8) is 0 Å². The molecule has 0 fully saturated rings. The smallest absolute Gasteiger partial charge is 0.264 e. The number of rotatable bonds is 3. The molecule has 0 spiro atoms. The first-order valence-corrected chi connectivity index (χ1v) is 6.19. The Morgan fingerprint density at radius 1 is 1.39 bits per heavy atom. The molecule has 0 unspecified atom stereocenters. The molecule has 0 aliphatic heterocycles. The van der Waals surface area contributed by atoms with E-state index in [9.17, 15) is 14.7 Å². The Balaban J connectivity index is 2.42. The topological polar surface area (TPSA) is 110 Å². The largest absolute Gasteiger partial charge is 0.507 e. The summed E-state index contributed by atoms with van der Waals surface area (Å²) in [5.41, 5.74) is 4.38. The molecule has 1 amide bonds. The van der Waals surface area contributed by atoms with Crippen LogP contribution in [-0.2, 0) is 12.8 Å². The lowest BCUT2D eigenvalue weighted by molar-refractivity contribution is -0.364. The summed E-state index contributed by atoms with van der Waals surface area (Å²) in [4.78, 5) is 26.3. The van der Waals surface area contributed by atoms with Crippen LogP contribution in [0.25, 0.3) is 0 Å². The van der Waals surface area contributed by atoms with E-state index < -0.39 is 11.5 Å². The minimum atomic E-state index is -0.536. The zero-order chi connectivity index (χ0) is 13.1. The van der Waals surface area contributed by atoms with Gasteiger partial charge in [0.25, 0.3) is 11.5 Å². The number of carbonyl (C=O) groups is 1. The van der Waals surface area contributed by atoms with Crippen LogP contribution in [0.2, 0.25) is 0 Å². The van der Waals surface area contributed by atoms with Crippen LogP contribution in [0.15, 0.2) is 4.79 Å². The Hall–Kier alpha value is -1.82. The molecule has 98 valence electrons. The number of aromatic hydroxyl groups is 1. The molecule has 1 heterocycles. The lowest BCUT2D eigenvalue weighted by Crippen LogP contribution is -2.55. The van der Waals surface area contributed by atoms with E-state index in [2.05, 4.69) is 16.0 Å². The van der Waals surface area contributed by atoms with E-state index in [1.807, 2.05) is 0 Å². The van der Waals surface area contributed by atoms with Gasteiger partial charge in [0.1, 0.15) is 11.3 Å². The molecule has 0 radical (unpaired) electrons. The number of aromatic nitrogens is 1. The highest BCUT2D eigenvalue weighted by atomic mass is 16.3. The molecular weight excluding hydrogens is 234 g/mol. The van der Waals surface area contributed by atoms with Crippen molar-refractivity contribution in [2.45, 2.75) is 25.7 Å². The van der Waals surface area contributed by atoms with Gasteiger partial charge in [0.05, 0.1) is 13.1 Å². The highest BCUT2D eigenvalue weighted by Crippen LogP contribution is 2.28. The van der Waals surface area contributed by atoms with E-state index in [-0.39, 0.29) is 11.3 Å². The number of quaternary nitrogens is 1. The Morgan fingerprint density at radius 3 is 2.83 bits per heavy atom. The zero-order valence-electron chi connectivity index (χ0n) is 10.2. The van der Waals surface area contributed by atoms with Gasteiger partial charge < -0.3 is 21.1 Å². The number of hydrogen-bond acceptors (Lipinski definition) is 3. The van der Waals surface area contributed by atoms with Crippen molar-refractivity contribution in [3.8, 4) is 5.75 Å². The summed E-state index contributed by atoms with van der Waals surface area (Å²) in [5.74, 6) is -0.694. The molecule has 6 heteroatoms. The molecule has 18 heavy (non-hydrogen) atoms. The predicted octanol–water partition coefficient (Wildman–Crippen LogP) is -1.07. The quantitative estimate of drug-likeness (QED) is 0.550. The van der Waals surface area contributed by atoms with Crippen LogP contribution in [0.3, 0.4) is 0 Å². The predicted molar refractivity (Wildman–Crippen MR) is 65.5 cm³/mol.